The second kappa shape index (κ2) is 10.9. The number of aliphatic hydroxyl groups excluding tert-OH is 2. The Kier molecular flexibility index (Phi) is 7.95. The third-order valence-corrected chi connectivity index (χ3v) is 5.26. The Morgan fingerprint density at radius 2 is 1.16 bits per heavy atom. The van der Waals surface area contributed by atoms with Crippen molar-refractivity contribution in [3.05, 3.63) is 108 Å². The summed E-state index contributed by atoms with van der Waals surface area (Å²) in [6.45, 7) is 0.222. The predicted molar refractivity (Wildman–Crippen MR) is 119 cm³/mol. The predicted octanol–water partition coefficient (Wildman–Crippen LogP) is 3.97. The molecular weight excluding hydrogens is 392 g/mol. The molecule has 3 rings (SSSR count). The fourth-order valence-electron chi connectivity index (χ4n) is 3.83. The molecule has 0 heterocycles. The van der Waals surface area contributed by atoms with E-state index in [1.54, 1.807) is 0 Å². The summed E-state index contributed by atoms with van der Waals surface area (Å²) in [5, 5.41) is 28.9. The maximum atomic E-state index is 10.7. The fourth-order valence-corrected chi connectivity index (χ4v) is 3.83. The van der Waals surface area contributed by atoms with E-state index >= 15 is 0 Å². The van der Waals surface area contributed by atoms with Gasteiger partial charge in [-0.05, 0) is 29.5 Å². The Balaban J connectivity index is 1.89. The monoisotopic (exact) mass is 420 g/mol. The largest absolute Gasteiger partial charge is 0.481 e. The lowest BCUT2D eigenvalue weighted by molar-refractivity contribution is -0.139. The maximum Gasteiger partial charge on any atom is 0.305 e. The quantitative estimate of drug-likeness (QED) is 0.409. The van der Waals surface area contributed by atoms with Crippen molar-refractivity contribution in [2.24, 2.45) is 0 Å². The smallest absolute Gasteiger partial charge is 0.305 e. The van der Waals surface area contributed by atoms with Crippen LogP contribution in [0, 0.1) is 0 Å². The topological polar surface area (TPSA) is 87.0 Å². The van der Waals surface area contributed by atoms with E-state index in [0.29, 0.717) is 0 Å². The van der Waals surface area contributed by atoms with Gasteiger partial charge in [0.2, 0.25) is 0 Å². The summed E-state index contributed by atoms with van der Waals surface area (Å²) in [5.41, 5.74) is 2.02. The molecule has 0 aromatic heterocycles. The molecule has 31 heavy (non-hydrogen) atoms. The Morgan fingerprint density at radius 1 is 0.742 bits per heavy atom. The lowest BCUT2D eigenvalue weighted by Crippen LogP contribution is -2.34. The molecule has 3 aromatic rings. The zero-order chi connectivity index (χ0) is 22.1. The minimum absolute atomic E-state index is 0.00926. The zero-order valence-electron chi connectivity index (χ0n) is 17.3. The molecule has 0 aliphatic rings. The van der Waals surface area contributed by atoms with E-state index in [1.165, 1.54) is 0 Å². The molecule has 0 fully saturated rings. The SMILES string of the molecule is O=C(O)CC(O)CC(O)CCOC(c1ccccc1)(c1ccccc1)c1ccccc1. The van der Waals surface area contributed by atoms with Crippen LogP contribution in [0.5, 0.6) is 0 Å². The summed E-state index contributed by atoms with van der Waals surface area (Å²) >= 11 is 0. The summed E-state index contributed by atoms with van der Waals surface area (Å²) in [7, 11) is 0. The van der Waals surface area contributed by atoms with Gasteiger partial charge in [0.05, 0.1) is 25.2 Å². The molecule has 2 atom stereocenters. The van der Waals surface area contributed by atoms with E-state index in [1.807, 2.05) is 91.0 Å². The van der Waals surface area contributed by atoms with Crippen LogP contribution in [0.15, 0.2) is 91.0 Å². The first-order chi connectivity index (χ1) is 15.0. The zero-order valence-corrected chi connectivity index (χ0v) is 17.3. The molecule has 3 aromatic carbocycles. The molecule has 5 heteroatoms. The third kappa shape index (κ3) is 5.79. The van der Waals surface area contributed by atoms with Gasteiger partial charge in [0.15, 0.2) is 0 Å². The van der Waals surface area contributed by atoms with E-state index in [-0.39, 0.29) is 25.9 Å². The summed E-state index contributed by atoms with van der Waals surface area (Å²) in [6, 6.07) is 29.8. The highest BCUT2D eigenvalue weighted by atomic mass is 16.5. The van der Waals surface area contributed by atoms with Crippen LogP contribution >= 0.6 is 0 Å². The lowest BCUT2D eigenvalue weighted by Gasteiger charge is -2.36. The minimum Gasteiger partial charge on any atom is -0.481 e. The molecule has 0 saturated heterocycles. The van der Waals surface area contributed by atoms with Crippen molar-refractivity contribution in [2.45, 2.75) is 37.1 Å². The molecule has 162 valence electrons. The summed E-state index contributed by atoms with van der Waals surface area (Å²) < 4.78 is 6.56. The Bertz CT molecular complexity index is 831. The number of hydrogen-bond acceptors (Lipinski definition) is 4. The van der Waals surface area contributed by atoms with Crippen LogP contribution < -0.4 is 0 Å². The minimum atomic E-state index is -1.09. The number of aliphatic hydroxyl groups is 2. The molecule has 3 N–H and O–H groups in total. The maximum absolute atomic E-state index is 10.7. The van der Waals surface area contributed by atoms with E-state index < -0.39 is 23.8 Å². The van der Waals surface area contributed by atoms with E-state index in [4.69, 9.17) is 9.84 Å². The van der Waals surface area contributed by atoms with Gasteiger partial charge in [-0.15, -0.1) is 0 Å². The van der Waals surface area contributed by atoms with Gasteiger partial charge in [-0.2, -0.15) is 0 Å². The Morgan fingerprint density at radius 3 is 1.55 bits per heavy atom. The van der Waals surface area contributed by atoms with Gasteiger partial charge in [0.1, 0.15) is 5.60 Å². The highest BCUT2D eigenvalue weighted by molar-refractivity contribution is 5.67. The first-order valence-electron chi connectivity index (χ1n) is 10.4. The van der Waals surface area contributed by atoms with Crippen molar-refractivity contribution in [3.63, 3.8) is 0 Å². The van der Waals surface area contributed by atoms with E-state index in [9.17, 15) is 15.0 Å². The number of hydrogen-bond donors (Lipinski definition) is 3. The number of carboxylic acid groups (broad SMARTS) is 1. The van der Waals surface area contributed by atoms with Gasteiger partial charge in [-0.1, -0.05) is 91.0 Å². The molecule has 0 radical (unpaired) electrons. The first-order valence-corrected chi connectivity index (χ1v) is 10.4. The summed E-state index contributed by atoms with van der Waals surface area (Å²) in [5.74, 6) is -1.09. The number of carbonyl (C=O) groups is 1. The highest BCUT2D eigenvalue weighted by Gasteiger charge is 2.37. The number of rotatable bonds is 11. The number of carboxylic acids is 1. The molecule has 0 saturated carbocycles. The Labute approximate surface area is 182 Å². The average Bonchev–Trinajstić information content (AvgIpc) is 2.78. The van der Waals surface area contributed by atoms with Gasteiger partial charge in [0.25, 0.3) is 0 Å². The second-order valence-corrected chi connectivity index (χ2v) is 7.56. The molecule has 0 aliphatic heterocycles. The second-order valence-electron chi connectivity index (χ2n) is 7.56. The molecule has 5 nitrogen and oxygen atoms in total. The van der Waals surface area contributed by atoms with Crippen molar-refractivity contribution in [2.75, 3.05) is 6.61 Å². The van der Waals surface area contributed by atoms with Crippen LogP contribution in [0.1, 0.15) is 36.0 Å². The fraction of sp³-hybridized carbons (Fsp3) is 0.269. The molecular formula is C26H28O5. The number of aliphatic carboxylic acids is 1. The van der Waals surface area contributed by atoms with Crippen LogP contribution in [0.2, 0.25) is 0 Å². The molecule has 0 aliphatic carbocycles. The van der Waals surface area contributed by atoms with Gasteiger partial charge < -0.3 is 20.1 Å². The standard InChI is InChI=1S/C26H28O5/c27-23(18-24(28)19-25(29)30)16-17-31-26(20-10-4-1-5-11-20,21-12-6-2-7-13-21)22-14-8-3-9-15-22/h1-15,23-24,27-28H,16-19H2,(H,29,30). The summed E-state index contributed by atoms with van der Waals surface area (Å²) in [4.78, 5) is 10.7. The van der Waals surface area contributed by atoms with Crippen molar-refractivity contribution in [3.8, 4) is 0 Å². The van der Waals surface area contributed by atoms with Crippen LogP contribution in [-0.2, 0) is 15.1 Å². The van der Waals surface area contributed by atoms with Crippen LogP contribution in [0.3, 0.4) is 0 Å². The molecule has 0 amide bonds. The van der Waals surface area contributed by atoms with Crippen molar-refractivity contribution in [1.82, 2.24) is 0 Å². The van der Waals surface area contributed by atoms with Crippen LogP contribution in [0.25, 0.3) is 0 Å². The van der Waals surface area contributed by atoms with Gasteiger partial charge in [-0.3, -0.25) is 4.79 Å². The van der Waals surface area contributed by atoms with Gasteiger partial charge in [0, 0.05) is 0 Å². The van der Waals surface area contributed by atoms with E-state index in [0.717, 1.165) is 16.7 Å². The molecule has 0 bridgehead atoms. The van der Waals surface area contributed by atoms with Gasteiger partial charge >= 0.3 is 5.97 Å². The summed E-state index contributed by atoms with van der Waals surface area (Å²) in [6.07, 6.45) is -2.08. The van der Waals surface area contributed by atoms with Crippen molar-refractivity contribution in [1.29, 1.82) is 0 Å². The number of ether oxygens (including phenoxy) is 1. The highest BCUT2D eigenvalue weighted by Crippen LogP contribution is 2.40. The third-order valence-electron chi connectivity index (χ3n) is 5.26. The lowest BCUT2D eigenvalue weighted by atomic mass is 9.80. The normalized spacial score (nSPS) is 13.5. The number of benzene rings is 3. The van der Waals surface area contributed by atoms with Crippen molar-refractivity contribution >= 4 is 5.97 Å². The average molecular weight is 421 g/mol. The van der Waals surface area contributed by atoms with E-state index in [2.05, 4.69) is 0 Å². The van der Waals surface area contributed by atoms with Crippen LogP contribution in [-0.4, -0.2) is 40.1 Å². The van der Waals surface area contributed by atoms with Crippen molar-refractivity contribution < 1.29 is 24.9 Å². The van der Waals surface area contributed by atoms with Gasteiger partial charge in [-0.25, -0.2) is 0 Å². The van der Waals surface area contributed by atoms with Crippen LogP contribution in [0.4, 0.5) is 0 Å². The first kappa shape index (κ1) is 22.7. The Hall–Kier alpha value is -2.99. The molecule has 0 spiro atoms. The molecule has 2 unspecified atom stereocenters.